The molecule has 1 aliphatic rings. The Hall–Kier alpha value is -2.30. The number of nitrogens with zero attached hydrogens (tertiary/aromatic N) is 1. The number of carbonyl (C=O) groups is 2. The van der Waals surface area contributed by atoms with Gasteiger partial charge in [0.05, 0.1) is 17.9 Å². The van der Waals surface area contributed by atoms with Gasteiger partial charge in [-0.2, -0.15) is 0 Å². The van der Waals surface area contributed by atoms with Crippen molar-refractivity contribution in [3.8, 4) is 5.75 Å². The smallest absolute Gasteiger partial charge is 0.277 e. The Bertz CT molecular complexity index is 871. The number of hydrogen-bond donors (Lipinski definition) is 0. The molecule has 1 aliphatic heterocycles. The van der Waals surface area contributed by atoms with Gasteiger partial charge in [-0.25, -0.2) is 4.90 Å². The average Bonchev–Trinajstić information content (AvgIpc) is 2.84. The Labute approximate surface area is 162 Å². The normalized spacial score (nSPS) is 14.6. The largest absolute Gasteiger partial charge is 0.493 e. The van der Waals surface area contributed by atoms with Crippen LogP contribution in [-0.2, 0) is 9.59 Å². The van der Waals surface area contributed by atoms with Crippen molar-refractivity contribution in [2.75, 3.05) is 11.5 Å². The number of ether oxygens (including phenoxy) is 1. The van der Waals surface area contributed by atoms with Gasteiger partial charge in [0, 0.05) is 5.02 Å². The highest BCUT2D eigenvalue weighted by Crippen LogP contribution is 2.35. The number of carbonyl (C=O) groups excluding carboxylic acids is 2. The van der Waals surface area contributed by atoms with Crippen molar-refractivity contribution < 1.29 is 14.3 Å². The summed E-state index contributed by atoms with van der Waals surface area (Å²) < 4.78 is 5.64. The van der Waals surface area contributed by atoms with Crippen LogP contribution in [0.1, 0.15) is 19.4 Å². The van der Waals surface area contributed by atoms with Crippen LogP contribution in [0.4, 0.5) is 5.69 Å². The number of hydrogen-bond acceptors (Lipinski definition) is 3. The molecule has 0 atom stereocenters. The van der Waals surface area contributed by atoms with Gasteiger partial charge in [0.25, 0.3) is 11.8 Å². The molecule has 1 heterocycles. The molecule has 0 radical (unpaired) electrons. The van der Waals surface area contributed by atoms with Gasteiger partial charge in [-0.05, 0) is 47.9 Å². The first-order valence-corrected chi connectivity index (χ1v) is 8.91. The monoisotopic (exact) mass is 389 g/mol. The van der Waals surface area contributed by atoms with Crippen LogP contribution in [0.5, 0.6) is 5.75 Å². The van der Waals surface area contributed by atoms with Crippen LogP contribution >= 0.6 is 23.2 Å². The van der Waals surface area contributed by atoms with Crippen LogP contribution in [-0.4, -0.2) is 18.4 Å². The minimum absolute atomic E-state index is 0.0965. The van der Waals surface area contributed by atoms with E-state index >= 15 is 0 Å². The molecule has 0 saturated heterocycles. The minimum Gasteiger partial charge on any atom is -0.493 e. The Kier molecular flexibility index (Phi) is 5.35. The average molecular weight is 390 g/mol. The van der Waals surface area contributed by atoms with Gasteiger partial charge in [-0.1, -0.05) is 49.2 Å². The van der Waals surface area contributed by atoms with Gasteiger partial charge in [0.1, 0.15) is 10.8 Å². The van der Waals surface area contributed by atoms with Crippen LogP contribution in [0.15, 0.2) is 53.6 Å². The molecule has 0 N–H and O–H groups in total. The molecule has 26 heavy (non-hydrogen) atoms. The van der Waals surface area contributed by atoms with E-state index in [1.54, 1.807) is 48.5 Å². The quantitative estimate of drug-likeness (QED) is 0.683. The summed E-state index contributed by atoms with van der Waals surface area (Å²) in [5.41, 5.74) is 1.18. The van der Waals surface area contributed by atoms with E-state index in [0.29, 0.717) is 34.5 Å². The summed E-state index contributed by atoms with van der Waals surface area (Å²) in [6.45, 7) is 4.73. The van der Waals surface area contributed by atoms with Gasteiger partial charge < -0.3 is 4.74 Å². The van der Waals surface area contributed by atoms with Crippen molar-refractivity contribution in [3.05, 3.63) is 64.1 Å². The summed E-state index contributed by atoms with van der Waals surface area (Å²) in [6.07, 6.45) is 0. The van der Waals surface area contributed by atoms with Crippen LogP contribution in [0.3, 0.4) is 0 Å². The fourth-order valence-electron chi connectivity index (χ4n) is 2.56. The zero-order valence-corrected chi connectivity index (χ0v) is 15.8. The second-order valence-electron chi connectivity index (χ2n) is 6.34. The lowest BCUT2D eigenvalue weighted by Gasteiger charge is -2.15. The molecule has 0 fully saturated rings. The van der Waals surface area contributed by atoms with Gasteiger partial charge >= 0.3 is 0 Å². The summed E-state index contributed by atoms with van der Waals surface area (Å²) in [5.74, 6) is 0.103. The standard InChI is InChI=1S/C20H17Cl2NO3/c1-12(2)11-26-16-9-3-13(4-10-16)17-18(22)20(25)23(19(17)24)15-7-5-14(21)6-8-15/h3-10,12H,11H2,1-2H3. The number of halogens is 2. The van der Waals surface area contributed by atoms with Gasteiger partial charge in [-0.3, -0.25) is 9.59 Å². The van der Waals surface area contributed by atoms with E-state index in [4.69, 9.17) is 27.9 Å². The van der Waals surface area contributed by atoms with Crippen molar-refractivity contribution in [3.63, 3.8) is 0 Å². The first-order chi connectivity index (χ1) is 12.4. The van der Waals surface area contributed by atoms with Crippen LogP contribution in [0, 0.1) is 5.92 Å². The topological polar surface area (TPSA) is 46.6 Å². The second kappa shape index (κ2) is 7.52. The SMILES string of the molecule is CC(C)COc1ccc(C2=C(Cl)C(=O)N(c3ccc(Cl)cc3)C2=O)cc1. The first kappa shape index (κ1) is 18.5. The van der Waals surface area contributed by atoms with Gasteiger partial charge in [0.15, 0.2) is 0 Å². The minimum atomic E-state index is -0.547. The Morgan fingerprint density at radius 2 is 1.54 bits per heavy atom. The van der Waals surface area contributed by atoms with Crippen LogP contribution in [0.2, 0.25) is 5.02 Å². The summed E-state index contributed by atoms with van der Waals surface area (Å²) in [4.78, 5) is 26.4. The molecule has 0 unspecified atom stereocenters. The van der Waals surface area contributed by atoms with Crippen molar-refractivity contribution in [2.45, 2.75) is 13.8 Å². The highest BCUT2D eigenvalue weighted by Gasteiger charge is 2.39. The molecular weight excluding hydrogens is 373 g/mol. The lowest BCUT2D eigenvalue weighted by atomic mass is 10.1. The Morgan fingerprint density at radius 1 is 0.923 bits per heavy atom. The summed E-state index contributed by atoms with van der Waals surface area (Å²) in [7, 11) is 0. The van der Waals surface area contributed by atoms with Gasteiger partial charge in [0.2, 0.25) is 0 Å². The first-order valence-electron chi connectivity index (χ1n) is 8.16. The molecule has 0 bridgehead atoms. The van der Waals surface area contributed by atoms with E-state index in [1.165, 1.54) is 0 Å². The lowest BCUT2D eigenvalue weighted by Crippen LogP contribution is -2.31. The third-order valence-corrected chi connectivity index (χ3v) is 4.44. The maximum atomic E-state index is 12.8. The molecular formula is C20H17Cl2NO3. The molecule has 2 aromatic carbocycles. The van der Waals surface area contributed by atoms with E-state index in [2.05, 4.69) is 13.8 Å². The number of imide groups is 1. The molecule has 0 aromatic heterocycles. The molecule has 2 aromatic rings. The molecule has 4 nitrogen and oxygen atoms in total. The van der Waals surface area contributed by atoms with Crippen molar-refractivity contribution in [1.82, 2.24) is 0 Å². The maximum absolute atomic E-state index is 12.8. The number of benzene rings is 2. The van der Waals surface area contributed by atoms with E-state index in [1.807, 2.05) is 0 Å². The fourth-order valence-corrected chi connectivity index (χ4v) is 2.96. The molecule has 0 saturated carbocycles. The highest BCUT2D eigenvalue weighted by atomic mass is 35.5. The zero-order valence-electron chi connectivity index (χ0n) is 14.3. The summed E-state index contributed by atoms with van der Waals surface area (Å²) in [6, 6.07) is 13.4. The maximum Gasteiger partial charge on any atom is 0.277 e. The molecule has 3 rings (SSSR count). The molecule has 0 spiro atoms. The molecule has 2 amide bonds. The third kappa shape index (κ3) is 3.62. The predicted molar refractivity (Wildman–Crippen MR) is 103 cm³/mol. The van der Waals surface area contributed by atoms with E-state index in [-0.39, 0.29) is 10.6 Å². The third-order valence-electron chi connectivity index (χ3n) is 3.84. The van der Waals surface area contributed by atoms with Crippen LogP contribution < -0.4 is 9.64 Å². The van der Waals surface area contributed by atoms with Crippen molar-refractivity contribution in [2.24, 2.45) is 5.92 Å². The lowest BCUT2D eigenvalue weighted by molar-refractivity contribution is -0.119. The Morgan fingerprint density at radius 3 is 2.12 bits per heavy atom. The number of amides is 2. The molecule has 0 aliphatic carbocycles. The molecule has 6 heteroatoms. The van der Waals surface area contributed by atoms with Crippen LogP contribution in [0.25, 0.3) is 5.57 Å². The summed E-state index contributed by atoms with van der Waals surface area (Å²) in [5, 5.41) is 0.421. The van der Waals surface area contributed by atoms with E-state index in [0.717, 1.165) is 4.90 Å². The molecule has 134 valence electrons. The highest BCUT2D eigenvalue weighted by molar-refractivity contribution is 6.60. The number of rotatable bonds is 5. The zero-order chi connectivity index (χ0) is 18.8. The fraction of sp³-hybridized carbons (Fsp3) is 0.200. The second-order valence-corrected chi connectivity index (χ2v) is 7.15. The van der Waals surface area contributed by atoms with E-state index in [9.17, 15) is 9.59 Å². The summed E-state index contributed by atoms with van der Waals surface area (Å²) >= 11 is 12.1. The Balaban J connectivity index is 1.87. The van der Waals surface area contributed by atoms with Gasteiger partial charge in [-0.15, -0.1) is 0 Å². The van der Waals surface area contributed by atoms with E-state index < -0.39 is 11.8 Å². The predicted octanol–water partition coefficient (Wildman–Crippen LogP) is 4.90. The van der Waals surface area contributed by atoms with Crippen molar-refractivity contribution in [1.29, 1.82) is 0 Å². The number of anilines is 1. The van der Waals surface area contributed by atoms with Crippen molar-refractivity contribution >= 4 is 46.3 Å².